The van der Waals surface area contributed by atoms with Gasteiger partial charge < -0.3 is 5.43 Å². The van der Waals surface area contributed by atoms with Crippen molar-refractivity contribution in [3.63, 3.8) is 0 Å². The van der Waals surface area contributed by atoms with Gasteiger partial charge in [0.2, 0.25) is 0 Å². The molecule has 1 heterocycles. The molecule has 0 radical (unpaired) electrons. The van der Waals surface area contributed by atoms with Crippen molar-refractivity contribution in [2.24, 2.45) is 0 Å². The van der Waals surface area contributed by atoms with E-state index in [-0.39, 0.29) is 6.04 Å². The predicted molar refractivity (Wildman–Crippen MR) is 69.9 cm³/mol. The summed E-state index contributed by atoms with van der Waals surface area (Å²) in [4.78, 5) is 0. The Hall–Kier alpha value is -2.06. The maximum atomic E-state index is 3.28. The minimum Gasteiger partial charge on any atom is -0.320 e. The van der Waals surface area contributed by atoms with Gasteiger partial charge in [0.15, 0.2) is 0 Å². The van der Waals surface area contributed by atoms with Gasteiger partial charge in [-0.2, -0.15) is 0 Å². The molecule has 1 atom stereocenters. The highest BCUT2D eigenvalue weighted by Crippen LogP contribution is 2.23. The summed E-state index contributed by atoms with van der Waals surface area (Å²) in [5.74, 6) is 0. The molecule has 1 unspecified atom stereocenters. The summed E-state index contributed by atoms with van der Waals surface area (Å²) >= 11 is 0. The first kappa shape index (κ1) is 10.1. The average Bonchev–Trinajstić information content (AvgIpc) is 2.90. The third-order valence-corrected chi connectivity index (χ3v) is 2.94. The molecular weight excluding hydrogens is 208 g/mol. The van der Waals surface area contributed by atoms with E-state index in [9.17, 15) is 0 Å². The molecule has 0 aliphatic carbocycles. The first-order chi connectivity index (χ1) is 8.43. The largest absolute Gasteiger partial charge is 0.320 e. The van der Waals surface area contributed by atoms with Crippen molar-refractivity contribution in [3.05, 3.63) is 77.9 Å². The van der Waals surface area contributed by atoms with Crippen LogP contribution in [0.3, 0.4) is 0 Å². The Morgan fingerprint density at radius 1 is 0.765 bits per heavy atom. The summed E-state index contributed by atoms with van der Waals surface area (Å²) in [5.41, 5.74) is 10.1. The summed E-state index contributed by atoms with van der Waals surface area (Å²) in [5, 5.41) is 0. The lowest BCUT2D eigenvalue weighted by atomic mass is 10.1. The van der Waals surface area contributed by atoms with Gasteiger partial charge in [-0.3, -0.25) is 0 Å². The second kappa shape index (κ2) is 4.44. The van der Waals surface area contributed by atoms with E-state index in [0.717, 1.165) is 5.70 Å². The number of benzene rings is 2. The van der Waals surface area contributed by atoms with Gasteiger partial charge in [0.05, 0.1) is 11.7 Å². The standard InChI is InChI=1S/C15H14N2/c1-3-7-12(8-4-1)14-11-15(17-16-14)13-9-5-2-6-10-13/h1-11,14,16-17H. The fourth-order valence-corrected chi connectivity index (χ4v) is 2.03. The lowest BCUT2D eigenvalue weighted by molar-refractivity contribution is 0.616. The molecule has 3 rings (SSSR count). The number of hydrazine groups is 1. The molecular formula is C15H14N2. The topological polar surface area (TPSA) is 24.1 Å². The summed E-state index contributed by atoms with van der Waals surface area (Å²) in [7, 11) is 0. The third-order valence-electron chi connectivity index (χ3n) is 2.94. The van der Waals surface area contributed by atoms with E-state index in [4.69, 9.17) is 0 Å². The molecule has 2 aromatic rings. The van der Waals surface area contributed by atoms with Crippen LogP contribution < -0.4 is 10.9 Å². The zero-order chi connectivity index (χ0) is 11.5. The number of nitrogens with one attached hydrogen (secondary N) is 2. The first-order valence-corrected chi connectivity index (χ1v) is 5.77. The highest BCUT2D eigenvalue weighted by atomic mass is 15.4. The van der Waals surface area contributed by atoms with Gasteiger partial charge in [0.25, 0.3) is 0 Å². The van der Waals surface area contributed by atoms with Crippen LogP contribution in [-0.4, -0.2) is 0 Å². The molecule has 1 aliphatic heterocycles. The Morgan fingerprint density at radius 3 is 2.12 bits per heavy atom. The summed E-state index contributed by atoms with van der Waals surface area (Å²) in [6.45, 7) is 0. The van der Waals surface area contributed by atoms with Crippen molar-refractivity contribution in [2.75, 3.05) is 0 Å². The normalized spacial score (nSPS) is 18.6. The van der Waals surface area contributed by atoms with Gasteiger partial charge in [0, 0.05) is 0 Å². The zero-order valence-electron chi connectivity index (χ0n) is 9.43. The highest BCUT2D eigenvalue weighted by Gasteiger charge is 2.16. The molecule has 1 aliphatic rings. The molecule has 2 nitrogen and oxygen atoms in total. The molecule has 0 amide bonds. The molecule has 17 heavy (non-hydrogen) atoms. The van der Waals surface area contributed by atoms with E-state index < -0.39 is 0 Å². The third kappa shape index (κ3) is 2.08. The van der Waals surface area contributed by atoms with Crippen molar-refractivity contribution >= 4 is 5.70 Å². The van der Waals surface area contributed by atoms with Gasteiger partial charge in [0.1, 0.15) is 0 Å². The van der Waals surface area contributed by atoms with Crippen LogP contribution in [-0.2, 0) is 0 Å². The van der Waals surface area contributed by atoms with Crippen LogP contribution in [0.1, 0.15) is 17.2 Å². The van der Waals surface area contributed by atoms with Crippen LogP contribution in [0.2, 0.25) is 0 Å². The molecule has 2 N–H and O–H groups in total. The van der Waals surface area contributed by atoms with Crippen LogP contribution in [0.5, 0.6) is 0 Å². The van der Waals surface area contributed by atoms with Gasteiger partial charge in [-0.25, -0.2) is 5.43 Å². The Bertz CT molecular complexity index is 517. The van der Waals surface area contributed by atoms with Crippen molar-refractivity contribution in [2.45, 2.75) is 6.04 Å². The number of hydrogen-bond acceptors (Lipinski definition) is 2. The number of hydrogen-bond donors (Lipinski definition) is 2. The highest BCUT2D eigenvalue weighted by molar-refractivity contribution is 5.66. The lowest BCUT2D eigenvalue weighted by Crippen LogP contribution is -2.26. The van der Waals surface area contributed by atoms with E-state index in [1.54, 1.807) is 0 Å². The SMILES string of the molecule is C1=C(c2ccccc2)NNC1c1ccccc1. The van der Waals surface area contributed by atoms with Crippen LogP contribution in [0.4, 0.5) is 0 Å². The second-order valence-electron chi connectivity index (χ2n) is 4.10. The monoisotopic (exact) mass is 222 g/mol. The van der Waals surface area contributed by atoms with E-state index in [0.29, 0.717) is 0 Å². The van der Waals surface area contributed by atoms with E-state index in [1.165, 1.54) is 11.1 Å². The fraction of sp³-hybridized carbons (Fsp3) is 0.0667. The van der Waals surface area contributed by atoms with Crippen LogP contribution in [0.25, 0.3) is 5.70 Å². The lowest BCUT2D eigenvalue weighted by Gasteiger charge is -2.08. The molecule has 2 aromatic carbocycles. The first-order valence-electron chi connectivity index (χ1n) is 5.77. The van der Waals surface area contributed by atoms with Crippen molar-refractivity contribution in [3.8, 4) is 0 Å². The smallest absolute Gasteiger partial charge is 0.0714 e. The predicted octanol–water partition coefficient (Wildman–Crippen LogP) is 2.88. The Balaban J connectivity index is 1.87. The van der Waals surface area contributed by atoms with Gasteiger partial charge in [-0.1, -0.05) is 60.7 Å². The van der Waals surface area contributed by atoms with E-state index in [2.05, 4.69) is 53.3 Å². The second-order valence-corrected chi connectivity index (χ2v) is 4.10. The van der Waals surface area contributed by atoms with Gasteiger partial charge >= 0.3 is 0 Å². The Morgan fingerprint density at radius 2 is 1.41 bits per heavy atom. The van der Waals surface area contributed by atoms with Crippen LogP contribution in [0, 0.1) is 0 Å². The van der Waals surface area contributed by atoms with Crippen molar-refractivity contribution in [1.82, 2.24) is 10.9 Å². The van der Waals surface area contributed by atoms with Gasteiger partial charge in [-0.15, -0.1) is 0 Å². The summed E-state index contributed by atoms with van der Waals surface area (Å²) in [6, 6.07) is 21.0. The van der Waals surface area contributed by atoms with Crippen molar-refractivity contribution < 1.29 is 0 Å². The van der Waals surface area contributed by atoms with Crippen molar-refractivity contribution in [1.29, 1.82) is 0 Å². The number of rotatable bonds is 2. The summed E-state index contributed by atoms with van der Waals surface area (Å²) < 4.78 is 0. The molecule has 0 spiro atoms. The molecule has 84 valence electrons. The molecule has 0 bridgehead atoms. The molecule has 0 saturated carbocycles. The van der Waals surface area contributed by atoms with E-state index in [1.807, 2.05) is 24.3 Å². The molecule has 0 fully saturated rings. The summed E-state index contributed by atoms with van der Waals surface area (Å²) in [6.07, 6.45) is 2.21. The zero-order valence-corrected chi connectivity index (χ0v) is 9.43. The van der Waals surface area contributed by atoms with Crippen LogP contribution >= 0.6 is 0 Å². The quantitative estimate of drug-likeness (QED) is 0.816. The molecule has 0 aromatic heterocycles. The molecule has 2 heteroatoms. The average molecular weight is 222 g/mol. The Kier molecular flexibility index (Phi) is 2.64. The maximum absolute atomic E-state index is 3.28. The fourth-order valence-electron chi connectivity index (χ4n) is 2.03. The van der Waals surface area contributed by atoms with Gasteiger partial charge in [-0.05, 0) is 17.2 Å². The maximum Gasteiger partial charge on any atom is 0.0714 e. The Labute approximate surface area is 101 Å². The minimum atomic E-state index is 0.242. The minimum absolute atomic E-state index is 0.242. The van der Waals surface area contributed by atoms with E-state index >= 15 is 0 Å². The molecule has 0 saturated heterocycles. The van der Waals surface area contributed by atoms with Crippen LogP contribution in [0.15, 0.2) is 66.7 Å².